The predicted molar refractivity (Wildman–Crippen MR) is 70.5 cm³/mol. The fourth-order valence-corrected chi connectivity index (χ4v) is 2.18. The van der Waals surface area contributed by atoms with Crippen molar-refractivity contribution in [3.8, 4) is 11.5 Å². The summed E-state index contributed by atoms with van der Waals surface area (Å²) in [6.07, 6.45) is 1.76. The summed E-state index contributed by atoms with van der Waals surface area (Å²) < 4.78 is 5.34. The van der Waals surface area contributed by atoms with Crippen molar-refractivity contribution < 1.29 is 4.52 Å². The number of likely N-dealkylation sites (N-methyl/N-ethyl adjacent to an activating group) is 1. The molecule has 2 aromatic rings. The molecule has 1 saturated heterocycles. The summed E-state index contributed by atoms with van der Waals surface area (Å²) in [4.78, 5) is 11.0. The van der Waals surface area contributed by atoms with Crippen molar-refractivity contribution in [1.29, 1.82) is 0 Å². The third kappa shape index (κ3) is 2.50. The zero-order chi connectivity index (χ0) is 13.2. The SMILES string of the molecule is Cc1ccc(-c2nc(C3CNCCN3C)no2)cn1. The quantitative estimate of drug-likeness (QED) is 0.868. The molecule has 0 amide bonds. The van der Waals surface area contributed by atoms with Crippen LogP contribution in [0.25, 0.3) is 11.5 Å². The number of nitrogens with zero attached hydrogens (tertiary/aromatic N) is 4. The molecule has 0 spiro atoms. The highest BCUT2D eigenvalue weighted by atomic mass is 16.5. The Labute approximate surface area is 111 Å². The lowest BCUT2D eigenvalue weighted by atomic mass is 10.2. The van der Waals surface area contributed by atoms with Crippen molar-refractivity contribution in [1.82, 2.24) is 25.3 Å². The van der Waals surface area contributed by atoms with E-state index in [-0.39, 0.29) is 6.04 Å². The highest BCUT2D eigenvalue weighted by Crippen LogP contribution is 2.22. The number of nitrogens with one attached hydrogen (secondary N) is 1. The molecule has 100 valence electrons. The molecule has 1 fully saturated rings. The van der Waals surface area contributed by atoms with Crippen molar-refractivity contribution in [3.05, 3.63) is 29.8 Å². The molecule has 6 nitrogen and oxygen atoms in total. The number of aromatic nitrogens is 3. The lowest BCUT2D eigenvalue weighted by Gasteiger charge is -2.30. The van der Waals surface area contributed by atoms with E-state index in [1.165, 1.54) is 0 Å². The molecule has 1 aliphatic rings. The molecular weight excluding hydrogens is 242 g/mol. The van der Waals surface area contributed by atoms with Crippen LogP contribution in [0.3, 0.4) is 0 Å². The third-order valence-electron chi connectivity index (χ3n) is 3.41. The van der Waals surface area contributed by atoms with Crippen LogP contribution in [0.15, 0.2) is 22.9 Å². The standard InChI is InChI=1S/C13H17N5O/c1-9-3-4-10(7-15-9)13-16-12(17-19-13)11-8-14-5-6-18(11)2/h3-4,7,11,14H,5-6,8H2,1-2H3. The smallest absolute Gasteiger partial charge is 0.259 e. The van der Waals surface area contributed by atoms with Gasteiger partial charge in [-0.15, -0.1) is 0 Å². The molecule has 3 rings (SSSR count). The number of rotatable bonds is 2. The lowest BCUT2D eigenvalue weighted by molar-refractivity contribution is 0.190. The van der Waals surface area contributed by atoms with Crippen LogP contribution in [-0.4, -0.2) is 46.7 Å². The molecule has 3 heterocycles. The zero-order valence-corrected chi connectivity index (χ0v) is 11.1. The van der Waals surface area contributed by atoms with E-state index in [2.05, 4.69) is 32.4 Å². The zero-order valence-electron chi connectivity index (χ0n) is 11.1. The maximum Gasteiger partial charge on any atom is 0.259 e. The summed E-state index contributed by atoms with van der Waals surface area (Å²) in [5, 5.41) is 7.44. The summed E-state index contributed by atoms with van der Waals surface area (Å²) in [5.41, 5.74) is 1.83. The van der Waals surface area contributed by atoms with Crippen LogP contribution in [0.1, 0.15) is 17.6 Å². The van der Waals surface area contributed by atoms with E-state index in [0.29, 0.717) is 5.89 Å². The molecule has 19 heavy (non-hydrogen) atoms. The maximum absolute atomic E-state index is 5.34. The van der Waals surface area contributed by atoms with Gasteiger partial charge in [0.2, 0.25) is 0 Å². The van der Waals surface area contributed by atoms with Crippen molar-refractivity contribution in [2.24, 2.45) is 0 Å². The van der Waals surface area contributed by atoms with Gasteiger partial charge in [-0.3, -0.25) is 9.88 Å². The molecule has 1 unspecified atom stereocenters. The second-order valence-corrected chi connectivity index (χ2v) is 4.85. The van der Waals surface area contributed by atoms with Crippen molar-refractivity contribution in [2.75, 3.05) is 26.7 Å². The molecule has 0 bridgehead atoms. The van der Waals surface area contributed by atoms with E-state index in [1.807, 2.05) is 19.1 Å². The molecule has 2 aromatic heterocycles. The Morgan fingerprint density at radius 3 is 3.05 bits per heavy atom. The summed E-state index contributed by atoms with van der Waals surface area (Å²) in [5.74, 6) is 1.26. The van der Waals surface area contributed by atoms with Gasteiger partial charge in [0, 0.05) is 31.5 Å². The Kier molecular flexibility index (Phi) is 3.27. The van der Waals surface area contributed by atoms with Crippen LogP contribution in [0, 0.1) is 6.92 Å². The van der Waals surface area contributed by atoms with Gasteiger partial charge in [-0.2, -0.15) is 4.98 Å². The van der Waals surface area contributed by atoms with Crippen molar-refractivity contribution >= 4 is 0 Å². The number of hydrogen-bond donors (Lipinski definition) is 1. The molecule has 0 aliphatic carbocycles. The summed E-state index contributed by atoms with van der Waals surface area (Å²) in [7, 11) is 2.08. The summed E-state index contributed by atoms with van der Waals surface area (Å²) >= 11 is 0. The molecule has 1 atom stereocenters. The Morgan fingerprint density at radius 1 is 1.42 bits per heavy atom. The van der Waals surface area contributed by atoms with Gasteiger partial charge in [0.25, 0.3) is 5.89 Å². The van der Waals surface area contributed by atoms with Gasteiger partial charge < -0.3 is 9.84 Å². The minimum Gasteiger partial charge on any atom is -0.334 e. The van der Waals surface area contributed by atoms with Gasteiger partial charge in [0.15, 0.2) is 5.82 Å². The number of aryl methyl sites for hydroxylation is 1. The Balaban J connectivity index is 1.84. The van der Waals surface area contributed by atoms with Gasteiger partial charge in [-0.1, -0.05) is 5.16 Å². The topological polar surface area (TPSA) is 67.1 Å². The highest BCUT2D eigenvalue weighted by molar-refractivity contribution is 5.50. The second kappa shape index (κ2) is 5.07. The number of hydrogen-bond acceptors (Lipinski definition) is 6. The minimum atomic E-state index is 0.171. The molecule has 6 heteroatoms. The predicted octanol–water partition coefficient (Wildman–Crippen LogP) is 1.02. The average Bonchev–Trinajstić information content (AvgIpc) is 2.89. The molecule has 0 aromatic carbocycles. The molecule has 1 N–H and O–H groups in total. The van der Waals surface area contributed by atoms with E-state index in [4.69, 9.17) is 4.52 Å². The Hall–Kier alpha value is -1.79. The molecule has 0 radical (unpaired) electrons. The van der Waals surface area contributed by atoms with Crippen LogP contribution < -0.4 is 5.32 Å². The second-order valence-electron chi connectivity index (χ2n) is 4.85. The first kappa shape index (κ1) is 12.3. The first-order valence-corrected chi connectivity index (χ1v) is 6.41. The fraction of sp³-hybridized carbons (Fsp3) is 0.462. The van der Waals surface area contributed by atoms with Crippen LogP contribution in [0.4, 0.5) is 0 Å². The van der Waals surface area contributed by atoms with E-state index in [1.54, 1.807) is 6.20 Å². The summed E-state index contributed by atoms with van der Waals surface area (Å²) in [6, 6.07) is 4.06. The monoisotopic (exact) mass is 259 g/mol. The van der Waals surface area contributed by atoms with Crippen LogP contribution in [0.2, 0.25) is 0 Å². The van der Waals surface area contributed by atoms with Crippen LogP contribution in [-0.2, 0) is 0 Å². The maximum atomic E-state index is 5.34. The number of pyridine rings is 1. The van der Waals surface area contributed by atoms with E-state index >= 15 is 0 Å². The first-order valence-electron chi connectivity index (χ1n) is 6.41. The molecule has 0 saturated carbocycles. The van der Waals surface area contributed by atoms with E-state index in [9.17, 15) is 0 Å². The van der Waals surface area contributed by atoms with Gasteiger partial charge >= 0.3 is 0 Å². The fourth-order valence-electron chi connectivity index (χ4n) is 2.18. The van der Waals surface area contributed by atoms with Gasteiger partial charge in [0.1, 0.15) is 0 Å². The van der Waals surface area contributed by atoms with Crippen LogP contribution >= 0.6 is 0 Å². The Morgan fingerprint density at radius 2 is 2.32 bits per heavy atom. The minimum absolute atomic E-state index is 0.171. The van der Waals surface area contributed by atoms with Gasteiger partial charge in [-0.25, -0.2) is 0 Å². The van der Waals surface area contributed by atoms with Gasteiger partial charge in [0.05, 0.1) is 11.6 Å². The third-order valence-corrected chi connectivity index (χ3v) is 3.41. The van der Waals surface area contributed by atoms with E-state index in [0.717, 1.165) is 36.7 Å². The van der Waals surface area contributed by atoms with Crippen LogP contribution in [0.5, 0.6) is 0 Å². The molecule has 1 aliphatic heterocycles. The normalized spacial score (nSPS) is 20.6. The summed E-state index contributed by atoms with van der Waals surface area (Å²) in [6.45, 7) is 4.79. The lowest BCUT2D eigenvalue weighted by Crippen LogP contribution is -2.44. The largest absolute Gasteiger partial charge is 0.334 e. The van der Waals surface area contributed by atoms with Crippen molar-refractivity contribution in [2.45, 2.75) is 13.0 Å². The first-order chi connectivity index (χ1) is 9.24. The van der Waals surface area contributed by atoms with Gasteiger partial charge in [-0.05, 0) is 26.1 Å². The van der Waals surface area contributed by atoms with Crippen molar-refractivity contribution in [3.63, 3.8) is 0 Å². The average molecular weight is 259 g/mol. The Bertz CT molecular complexity index is 550. The molecular formula is C13H17N5O. The highest BCUT2D eigenvalue weighted by Gasteiger charge is 2.25. The number of piperazine rings is 1. The van der Waals surface area contributed by atoms with E-state index < -0.39 is 0 Å².